The summed E-state index contributed by atoms with van der Waals surface area (Å²) in [6, 6.07) is 24.6. The third kappa shape index (κ3) is 5.45. The summed E-state index contributed by atoms with van der Waals surface area (Å²) >= 11 is 0. The molecule has 4 rings (SSSR count). The fourth-order valence-electron chi connectivity index (χ4n) is 2.95. The van der Waals surface area contributed by atoms with Crippen molar-refractivity contribution in [1.82, 2.24) is 9.99 Å². The number of nitrogens with one attached hydrogen (secondary N) is 1. The molecule has 0 bridgehead atoms. The zero-order valence-electron chi connectivity index (χ0n) is 16.6. The van der Waals surface area contributed by atoms with Gasteiger partial charge in [-0.3, -0.25) is 4.79 Å². The van der Waals surface area contributed by atoms with Gasteiger partial charge in [0.05, 0.1) is 6.21 Å². The van der Waals surface area contributed by atoms with Crippen molar-refractivity contribution in [3.8, 4) is 11.4 Å². The van der Waals surface area contributed by atoms with Crippen LogP contribution in [0.4, 0.5) is 4.39 Å². The molecular weight excluding hydrogens is 393 g/mol. The number of halogens is 1. The first-order valence-corrected chi connectivity index (χ1v) is 9.71. The monoisotopic (exact) mass is 413 g/mol. The molecular formula is C25H20FN3O2. The number of ether oxygens (including phenoxy) is 1. The van der Waals surface area contributed by atoms with Crippen LogP contribution in [0.15, 0.2) is 102 Å². The first-order valence-electron chi connectivity index (χ1n) is 9.71. The van der Waals surface area contributed by atoms with Gasteiger partial charge in [-0.2, -0.15) is 5.10 Å². The van der Waals surface area contributed by atoms with E-state index in [1.165, 1.54) is 12.1 Å². The van der Waals surface area contributed by atoms with Crippen LogP contribution >= 0.6 is 0 Å². The molecule has 1 aromatic heterocycles. The average Bonchev–Trinajstić information content (AvgIpc) is 3.34. The zero-order chi connectivity index (χ0) is 21.5. The van der Waals surface area contributed by atoms with Crippen LogP contribution in [0.3, 0.4) is 0 Å². The standard InChI is InChI=1S/C25H20FN3O2/c26-22-10-6-19(7-11-22)18-31-24-5-3-4-20(16-24)17-27-28-25(30)21-8-12-23(13-9-21)29-14-1-2-15-29/h1-17H,18H2,(H,28,30). The molecule has 1 amide bonds. The van der Waals surface area contributed by atoms with E-state index in [0.717, 1.165) is 16.8 Å². The minimum Gasteiger partial charge on any atom is -0.489 e. The molecule has 4 aromatic rings. The number of amides is 1. The molecule has 6 heteroatoms. The first-order chi connectivity index (χ1) is 15.2. The normalized spacial score (nSPS) is 10.9. The molecule has 1 N–H and O–H groups in total. The fraction of sp³-hybridized carbons (Fsp3) is 0.0400. The molecule has 1 heterocycles. The SMILES string of the molecule is O=C(NN=Cc1cccc(OCc2ccc(F)cc2)c1)c1ccc(-n2cccc2)cc1. The highest BCUT2D eigenvalue weighted by Gasteiger charge is 2.04. The number of hydrogen-bond acceptors (Lipinski definition) is 3. The summed E-state index contributed by atoms with van der Waals surface area (Å²) in [5.74, 6) is 0.0834. The lowest BCUT2D eigenvalue weighted by Gasteiger charge is -2.07. The van der Waals surface area contributed by atoms with Crippen LogP contribution in [-0.4, -0.2) is 16.7 Å². The summed E-state index contributed by atoms with van der Waals surface area (Å²) in [6.07, 6.45) is 5.44. The highest BCUT2D eigenvalue weighted by molar-refractivity contribution is 5.95. The maximum absolute atomic E-state index is 13.0. The Morgan fingerprint density at radius 2 is 1.71 bits per heavy atom. The van der Waals surface area contributed by atoms with Gasteiger partial charge in [0.15, 0.2) is 0 Å². The van der Waals surface area contributed by atoms with E-state index in [9.17, 15) is 9.18 Å². The molecule has 3 aromatic carbocycles. The Balaban J connectivity index is 1.32. The molecule has 0 saturated heterocycles. The molecule has 0 aliphatic heterocycles. The maximum Gasteiger partial charge on any atom is 0.271 e. The van der Waals surface area contributed by atoms with Crippen molar-refractivity contribution < 1.29 is 13.9 Å². The van der Waals surface area contributed by atoms with Crippen LogP contribution in [0.1, 0.15) is 21.5 Å². The predicted molar refractivity (Wildman–Crippen MR) is 118 cm³/mol. The van der Waals surface area contributed by atoms with E-state index in [1.807, 2.05) is 65.5 Å². The van der Waals surface area contributed by atoms with Gasteiger partial charge >= 0.3 is 0 Å². The smallest absolute Gasteiger partial charge is 0.271 e. The Hall–Kier alpha value is -4.19. The number of nitrogens with zero attached hydrogens (tertiary/aromatic N) is 2. The summed E-state index contributed by atoms with van der Waals surface area (Å²) < 4.78 is 20.7. The Bertz CT molecular complexity index is 1170. The lowest BCUT2D eigenvalue weighted by atomic mass is 10.2. The number of hydrogen-bond donors (Lipinski definition) is 1. The van der Waals surface area contributed by atoms with E-state index in [4.69, 9.17) is 4.74 Å². The number of carbonyl (C=O) groups is 1. The minimum absolute atomic E-state index is 0.277. The zero-order valence-corrected chi connectivity index (χ0v) is 16.6. The summed E-state index contributed by atoms with van der Waals surface area (Å²) in [7, 11) is 0. The van der Waals surface area contributed by atoms with E-state index in [-0.39, 0.29) is 11.7 Å². The number of rotatable bonds is 7. The van der Waals surface area contributed by atoms with Crippen LogP contribution in [0.25, 0.3) is 5.69 Å². The molecule has 0 spiro atoms. The van der Waals surface area contributed by atoms with Gasteiger partial charge in [0.1, 0.15) is 18.2 Å². The van der Waals surface area contributed by atoms with Crippen molar-refractivity contribution in [2.24, 2.45) is 5.10 Å². The van der Waals surface area contributed by atoms with E-state index in [2.05, 4.69) is 10.5 Å². The van der Waals surface area contributed by atoms with Crippen molar-refractivity contribution in [2.75, 3.05) is 0 Å². The van der Waals surface area contributed by atoms with Gasteiger partial charge in [0.2, 0.25) is 0 Å². The van der Waals surface area contributed by atoms with Gasteiger partial charge in [-0.25, -0.2) is 9.82 Å². The number of benzene rings is 3. The molecule has 5 nitrogen and oxygen atoms in total. The lowest BCUT2D eigenvalue weighted by molar-refractivity contribution is 0.0955. The summed E-state index contributed by atoms with van der Waals surface area (Å²) in [6.45, 7) is 0.330. The molecule has 0 saturated carbocycles. The van der Waals surface area contributed by atoms with Gasteiger partial charge in [0, 0.05) is 23.6 Å². The Labute approximate surface area is 179 Å². The first kappa shape index (κ1) is 20.1. The topological polar surface area (TPSA) is 55.6 Å². The van der Waals surface area contributed by atoms with Gasteiger partial charge in [0.25, 0.3) is 5.91 Å². The van der Waals surface area contributed by atoms with E-state index in [0.29, 0.717) is 17.9 Å². The van der Waals surface area contributed by atoms with Crippen LogP contribution in [0.2, 0.25) is 0 Å². The number of carbonyl (C=O) groups excluding carboxylic acids is 1. The summed E-state index contributed by atoms with van der Waals surface area (Å²) in [4.78, 5) is 12.3. The van der Waals surface area contributed by atoms with Gasteiger partial charge in [-0.1, -0.05) is 24.3 Å². The molecule has 0 aliphatic carbocycles. The van der Waals surface area contributed by atoms with Gasteiger partial charge < -0.3 is 9.30 Å². The van der Waals surface area contributed by atoms with Crippen LogP contribution in [-0.2, 0) is 6.61 Å². The van der Waals surface area contributed by atoms with Crippen LogP contribution in [0, 0.1) is 5.82 Å². The number of hydrazone groups is 1. The van der Waals surface area contributed by atoms with Crippen molar-refractivity contribution in [3.05, 3.63) is 120 Å². The highest BCUT2D eigenvalue weighted by Crippen LogP contribution is 2.15. The number of aromatic nitrogens is 1. The third-order valence-corrected chi connectivity index (χ3v) is 4.59. The van der Waals surface area contributed by atoms with E-state index in [1.54, 1.807) is 30.5 Å². The fourth-order valence-corrected chi connectivity index (χ4v) is 2.95. The second-order valence-electron chi connectivity index (χ2n) is 6.82. The van der Waals surface area contributed by atoms with Crippen LogP contribution < -0.4 is 10.2 Å². The molecule has 0 atom stereocenters. The predicted octanol–water partition coefficient (Wildman–Crippen LogP) is 4.96. The van der Waals surface area contributed by atoms with E-state index >= 15 is 0 Å². The van der Waals surface area contributed by atoms with Crippen LogP contribution in [0.5, 0.6) is 5.75 Å². The Morgan fingerprint density at radius 1 is 0.968 bits per heavy atom. The molecule has 0 radical (unpaired) electrons. The second-order valence-corrected chi connectivity index (χ2v) is 6.82. The highest BCUT2D eigenvalue weighted by atomic mass is 19.1. The van der Waals surface area contributed by atoms with Gasteiger partial charge in [-0.05, 0) is 71.8 Å². The van der Waals surface area contributed by atoms with Crippen molar-refractivity contribution in [1.29, 1.82) is 0 Å². The summed E-state index contributed by atoms with van der Waals surface area (Å²) in [5, 5.41) is 4.03. The molecule has 0 fully saturated rings. The quantitative estimate of drug-likeness (QED) is 0.344. The average molecular weight is 413 g/mol. The van der Waals surface area contributed by atoms with Crippen molar-refractivity contribution in [2.45, 2.75) is 6.61 Å². The Kier molecular flexibility index (Phi) is 6.18. The minimum atomic E-state index is -0.293. The Morgan fingerprint density at radius 3 is 2.45 bits per heavy atom. The molecule has 0 aliphatic rings. The lowest BCUT2D eigenvalue weighted by Crippen LogP contribution is -2.17. The maximum atomic E-state index is 13.0. The van der Waals surface area contributed by atoms with Crippen molar-refractivity contribution in [3.63, 3.8) is 0 Å². The molecule has 31 heavy (non-hydrogen) atoms. The third-order valence-electron chi connectivity index (χ3n) is 4.59. The second kappa shape index (κ2) is 9.54. The largest absolute Gasteiger partial charge is 0.489 e. The summed E-state index contributed by atoms with van der Waals surface area (Å²) in [5.41, 5.74) is 5.67. The molecule has 154 valence electrons. The van der Waals surface area contributed by atoms with Crippen molar-refractivity contribution >= 4 is 12.1 Å². The van der Waals surface area contributed by atoms with E-state index < -0.39 is 0 Å². The van der Waals surface area contributed by atoms with Gasteiger partial charge in [-0.15, -0.1) is 0 Å². The molecule has 0 unspecified atom stereocenters.